The van der Waals surface area contributed by atoms with Gasteiger partial charge < -0.3 is 10.2 Å². The smallest absolute Gasteiger partial charge is 0.225 e. The van der Waals surface area contributed by atoms with Gasteiger partial charge in [0.2, 0.25) is 11.8 Å². The van der Waals surface area contributed by atoms with Crippen LogP contribution in [0.15, 0.2) is 0 Å². The van der Waals surface area contributed by atoms with Crippen molar-refractivity contribution in [1.29, 1.82) is 0 Å². The average Bonchev–Trinajstić information content (AvgIpc) is 2.99. The van der Waals surface area contributed by atoms with Gasteiger partial charge in [-0.05, 0) is 19.3 Å². The highest BCUT2D eigenvalue weighted by Crippen LogP contribution is 2.32. The topological polar surface area (TPSA) is 49.4 Å². The fraction of sp³-hybridized carbons (Fsp3) is 0.818. The minimum absolute atomic E-state index is 0.0494. The summed E-state index contributed by atoms with van der Waals surface area (Å²) < 4.78 is 0. The molecule has 1 aliphatic heterocycles. The Morgan fingerprint density at radius 3 is 2.87 bits per heavy atom. The van der Waals surface area contributed by atoms with E-state index >= 15 is 0 Å². The molecule has 0 aromatic rings. The molecule has 15 heavy (non-hydrogen) atoms. The molecule has 1 saturated carbocycles. The Hall–Kier alpha value is -1.06. The van der Waals surface area contributed by atoms with E-state index in [0.717, 1.165) is 19.3 Å². The van der Waals surface area contributed by atoms with Crippen LogP contribution in [0.3, 0.4) is 0 Å². The van der Waals surface area contributed by atoms with Gasteiger partial charge in [0.05, 0.1) is 5.92 Å². The molecule has 1 saturated heterocycles. The highest BCUT2D eigenvalue weighted by Gasteiger charge is 2.41. The van der Waals surface area contributed by atoms with E-state index in [0.29, 0.717) is 25.6 Å². The predicted molar refractivity (Wildman–Crippen MR) is 56.1 cm³/mol. The predicted octanol–water partition coefficient (Wildman–Crippen LogP) is 0.523. The molecule has 1 aliphatic carbocycles. The Labute approximate surface area is 90.0 Å². The summed E-state index contributed by atoms with van der Waals surface area (Å²) in [6.45, 7) is 3.38. The van der Waals surface area contributed by atoms with Crippen molar-refractivity contribution in [3.05, 3.63) is 0 Å². The van der Waals surface area contributed by atoms with Crippen LogP contribution in [0.4, 0.5) is 0 Å². The fourth-order valence-electron chi connectivity index (χ4n) is 2.04. The number of nitrogens with zero attached hydrogens (tertiary/aromatic N) is 1. The Bertz CT molecular complexity index is 274. The summed E-state index contributed by atoms with van der Waals surface area (Å²) in [5.41, 5.74) is 0. The minimum atomic E-state index is -0.107. The summed E-state index contributed by atoms with van der Waals surface area (Å²) in [6.07, 6.45) is 3.59. The molecule has 1 heterocycles. The number of likely N-dealkylation sites (tertiary alicyclic amines) is 1. The third-order valence-corrected chi connectivity index (χ3v) is 3.07. The lowest BCUT2D eigenvalue weighted by atomic mass is 10.1. The van der Waals surface area contributed by atoms with Gasteiger partial charge in [0.25, 0.3) is 0 Å². The van der Waals surface area contributed by atoms with Gasteiger partial charge in [0.15, 0.2) is 0 Å². The first-order valence-corrected chi connectivity index (χ1v) is 5.79. The third-order valence-electron chi connectivity index (χ3n) is 3.07. The van der Waals surface area contributed by atoms with Gasteiger partial charge in [0, 0.05) is 25.6 Å². The number of carbonyl (C=O) groups is 2. The van der Waals surface area contributed by atoms with E-state index in [-0.39, 0.29) is 17.7 Å². The van der Waals surface area contributed by atoms with E-state index in [1.54, 1.807) is 0 Å². The molecule has 1 N–H and O–H groups in total. The van der Waals surface area contributed by atoms with Crippen LogP contribution in [0, 0.1) is 5.92 Å². The normalized spacial score (nSPS) is 25.8. The molecule has 2 amide bonds. The second-order valence-corrected chi connectivity index (χ2v) is 4.47. The quantitative estimate of drug-likeness (QED) is 0.735. The maximum absolute atomic E-state index is 11.6. The summed E-state index contributed by atoms with van der Waals surface area (Å²) in [6, 6.07) is 0.446. The van der Waals surface area contributed by atoms with Crippen LogP contribution < -0.4 is 5.32 Å². The van der Waals surface area contributed by atoms with Crippen LogP contribution >= 0.6 is 0 Å². The van der Waals surface area contributed by atoms with Gasteiger partial charge in [-0.2, -0.15) is 0 Å². The first-order valence-electron chi connectivity index (χ1n) is 5.79. The van der Waals surface area contributed by atoms with Crippen LogP contribution in [-0.2, 0) is 9.59 Å². The molecule has 4 heteroatoms. The summed E-state index contributed by atoms with van der Waals surface area (Å²) in [4.78, 5) is 25.1. The van der Waals surface area contributed by atoms with Crippen molar-refractivity contribution in [3.8, 4) is 0 Å². The molecule has 0 radical (unpaired) electrons. The number of carbonyl (C=O) groups excluding carboxylic acids is 2. The summed E-state index contributed by atoms with van der Waals surface area (Å²) in [7, 11) is 0. The maximum atomic E-state index is 11.6. The molecular formula is C11H18N2O2. The van der Waals surface area contributed by atoms with Gasteiger partial charge in [-0.3, -0.25) is 9.59 Å². The Balaban J connectivity index is 1.84. The summed E-state index contributed by atoms with van der Waals surface area (Å²) in [5.74, 6) is 0.104. The second-order valence-electron chi connectivity index (χ2n) is 4.47. The van der Waals surface area contributed by atoms with E-state index in [9.17, 15) is 9.59 Å². The SMILES string of the molecule is CCCNC(=O)[C@@H]1CC(=O)N(C2CC2)C1. The molecule has 1 atom stereocenters. The molecule has 4 nitrogen and oxygen atoms in total. The maximum Gasteiger partial charge on any atom is 0.225 e. The Morgan fingerprint density at radius 2 is 2.27 bits per heavy atom. The van der Waals surface area contributed by atoms with E-state index in [1.165, 1.54) is 0 Å². The number of amides is 2. The molecule has 0 unspecified atom stereocenters. The third kappa shape index (κ3) is 2.30. The molecular weight excluding hydrogens is 192 g/mol. The van der Waals surface area contributed by atoms with Crippen molar-refractivity contribution >= 4 is 11.8 Å². The van der Waals surface area contributed by atoms with Gasteiger partial charge in [-0.1, -0.05) is 6.92 Å². The van der Waals surface area contributed by atoms with Crippen molar-refractivity contribution in [2.24, 2.45) is 5.92 Å². The van der Waals surface area contributed by atoms with Crippen molar-refractivity contribution < 1.29 is 9.59 Å². The van der Waals surface area contributed by atoms with Crippen LogP contribution in [0.1, 0.15) is 32.6 Å². The largest absolute Gasteiger partial charge is 0.356 e. The molecule has 0 spiro atoms. The van der Waals surface area contributed by atoms with Crippen LogP contribution in [0.2, 0.25) is 0 Å². The standard InChI is InChI=1S/C11H18N2O2/c1-2-5-12-11(15)8-6-10(14)13(7-8)9-3-4-9/h8-9H,2-7H2,1H3,(H,12,15)/t8-/m1/s1. The second kappa shape index (κ2) is 4.21. The Morgan fingerprint density at radius 1 is 1.53 bits per heavy atom. The van der Waals surface area contributed by atoms with Crippen molar-refractivity contribution in [2.75, 3.05) is 13.1 Å². The zero-order chi connectivity index (χ0) is 10.8. The van der Waals surface area contributed by atoms with E-state index in [2.05, 4.69) is 5.32 Å². The lowest BCUT2D eigenvalue weighted by molar-refractivity contribution is -0.129. The lowest BCUT2D eigenvalue weighted by Crippen LogP contribution is -2.33. The number of hydrogen-bond donors (Lipinski definition) is 1. The summed E-state index contributed by atoms with van der Waals surface area (Å²) in [5, 5.41) is 2.86. The average molecular weight is 210 g/mol. The van der Waals surface area contributed by atoms with Gasteiger partial charge in [0.1, 0.15) is 0 Å². The lowest BCUT2D eigenvalue weighted by Gasteiger charge is -2.15. The van der Waals surface area contributed by atoms with Crippen molar-refractivity contribution in [3.63, 3.8) is 0 Å². The molecule has 84 valence electrons. The minimum Gasteiger partial charge on any atom is -0.356 e. The first-order chi connectivity index (χ1) is 7.22. The number of hydrogen-bond acceptors (Lipinski definition) is 2. The van der Waals surface area contributed by atoms with E-state index in [4.69, 9.17) is 0 Å². The van der Waals surface area contributed by atoms with E-state index < -0.39 is 0 Å². The zero-order valence-electron chi connectivity index (χ0n) is 9.16. The van der Waals surface area contributed by atoms with Crippen molar-refractivity contribution in [2.45, 2.75) is 38.6 Å². The monoisotopic (exact) mass is 210 g/mol. The van der Waals surface area contributed by atoms with Gasteiger partial charge in [-0.15, -0.1) is 0 Å². The number of nitrogens with one attached hydrogen (secondary N) is 1. The molecule has 2 aliphatic rings. The van der Waals surface area contributed by atoms with Gasteiger partial charge >= 0.3 is 0 Å². The highest BCUT2D eigenvalue weighted by atomic mass is 16.2. The van der Waals surface area contributed by atoms with Crippen LogP contribution in [-0.4, -0.2) is 35.8 Å². The Kier molecular flexibility index (Phi) is 2.93. The first kappa shape index (κ1) is 10.5. The van der Waals surface area contributed by atoms with Crippen molar-refractivity contribution in [1.82, 2.24) is 10.2 Å². The molecule has 2 rings (SSSR count). The fourth-order valence-corrected chi connectivity index (χ4v) is 2.04. The highest BCUT2D eigenvalue weighted by molar-refractivity contribution is 5.89. The van der Waals surface area contributed by atoms with Crippen LogP contribution in [0.25, 0.3) is 0 Å². The summed E-state index contributed by atoms with van der Waals surface area (Å²) >= 11 is 0. The van der Waals surface area contributed by atoms with Gasteiger partial charge in [-0.25, -0.2) is 0 Å². The zero-order valence-corrected chi connectivity index (χ0v) is 9.16. The molecule has 0 aromatic heterocycles. The number of rotatable bonds is 4. The molecule has 0 bridgehead atoms. The van der Waals surface area contributed by atoms with E-state index in [1.807, 2.05) is 11.8 Å². The molecule has 0 aromatic carbocycles. The molecule has 2 fully saturated rings. The van der Waals surface area contributed by atoms with Crippen LogP contribution in [0.5, 0.6) is 0 Å².